The molecule has 1 unspecified atom stereocenters. The summed E-state index contributed by atoms with van der Waals surface area (Å²) in [5, 5.41) is 0. The molecule has 3 rings (SSSR count). The smallest absolute Gasteiger partial charge is 0.150 e. The number of carbonyl (C=O) groups excluding carboxylic acids is 1. The largest absolute Gasteiger partial charge is 0.298 e. The van der Waals surface area contributed by atoms with Crippen molar-refractivity contribution in [3.05, 3.63) is 71.8 Å². The summed E-state index contributed by atoms with van der Waals surface area (Å²) < 4.78 is 0. The maximum atomic E-state index is 13.0. The van der Waals surface area contributed by atoms with Gasteiger partial charge in [0.15, 0.2) is 5.78 Å². The van der Waals surface area contributed by atoms with Crippen LogP contribution in [0.5, 0.6) is 0 Å². The molecule has 0 radical (unpaired) electrons. The molecule has 1 fully saturated rings. The number of benzene rings is 2. The van der Waals surface area contributed by atoms with Crippen molar-refractivity contribution in [1.82, 2.24) is 0 Å². The fraction of sp³-hybridized carbons (Fsp3) is 0.316. The first kappa shape index (κ1) is 13.1. The lowest BCUT2D eigenvalue weighted by Crippen LogP contribution is -2.43. The molecule has 20 heavy (non-hydrogen) atoms. The molecule has 2 aromatic carbocycles. The summed E-state index contributed by atoms with van der Waals surface area (Å²) in [6, 6.07) is 20.6. The van der Waals surface area contributed by atoms with Gasteiger partial charge in [-0.3, -0.25) is 4.79 Å². The van der Waals surface area contributed by atoms with E-state index in [0.29, 0.717) is 5.78 Å². The summed E-state index contributed by atoms with van der Waals surface area (Å²) >= 11 is 0. The second-order valence-electron chi connectivity index (χ2n) is 5.79. The Labute approximate surface area is 120 Å². The summed E-state index contributed by atoms with van der Waals surface area (Å²) in [7, 11) is 0. The molecule has 1 aliphatic rings. The Bertz CT molecular complexity index is 546. The molecule has 1 aliphatic carbocycles. The van der Waals surface area contributed by atoms with Crippen LogP contribution in [0.3, 0.4) is 0 Å². The third-order valence-corrected chi connectivity index (χ3v) is 4.59. The lowest BCUT2D eigenvalue weighted by atomic mass is 9.62. The molecule has 0 N–H and O–H groups in total. The van der Waals surface area contributed by atoms with Gasteiger partial charge >= 0.3 is 0 Å². The van der Waals surface area contributed by atoms with E-state index in [1.54, 1.807) is 0 Å². The van der Waals surface area contributed by atoms with Gasteiger partial charge < -0.3 is 0 Å². The van der Waals surface area contributed by atoms with Crippen LogP contribution in [-0.4, -0.2) is 5.78 Å². The van der Waals surface area contributed by atoms with Crippen molar-refractivity contribution in [2.45, 2.75) is 31.6 Å². The fourth-order valence-corrected chi connectivity index (χ4v) is 3.53. The van der Waals surface area contributed by atoms with Crippen molar-refractivity contribution >= 4 is 5.78 Å². The molecule has 0 aromatic heterocycles. The van der Waals surface area contributed by atoms with Crippen molar-refractivity contribution < 1.29 is 4.79 Å². The Balaban J connectivity index is 2.20. The first-order valence-electron chi connectivity index (χ1n) is 7.40. The average molecular weight is 264 g/mol. The highest BCUT2D eigenvalue weighted by Crippen LogP contribution is 2.44. The second kappa shape index (κ2) is 5.24. The number of Topliss-reactive ketones (excluding diaryl/α,β-unsaturated/α-hetero) is 1. The van der Waals surface area contributed by atoms with Gasteiger partial charge in [-0.25, -0.2) is 0 Å². The number of hydrogen-bond donors (Lipinski definition) is 0. The Kier molecular flexibility index (Phi) is 3.43. The van der Waals surface area contributed by atoms with Crippen LogP contribution < -0.4 is 0 Å². The lowest BCUT2D eigenvalue weighted by Gasteiger charge is -2.39. The monoisotopic (exact) mass is 264 g/mol. The molecule has 1 atom stereocenters. The van der Waals surface area contributed by atoms with Crippen molar-refractivity contribution in [2.75, 3.05) is 0 Å². The van der Waals surface area contributed by atoms with Gasteiger partial charge in [0.2, 0.25) is 0 Å². The molecule has 0 saturated heterocycles. The van der Waals surface area contributed by atoms with Gasteiger partial charge in [-0.1, -0.05) is 74.0 Å². The number of ketones is 1. The predicted molar refractivity (Wildman–Crippen MR) is 81.7 cm³/mol. The molecule has 0 bridgehead atoms. The van der Waals surface area contributed by atoms with E-state index in [9.17, 15) is 4.79 Å². The highest BCUT2D eigenvalue weighted by atomic mass is 16.1. The van der Waals surface area contributed by atoms with Crippen LogP contribution in [0.15, 0.2) is 60.7 Å². The summed E-state index contributed by atoms with van der Waals surface area (Å²) in [5.74, 6) is 0.519. The van der Waals surface area contributed by atoms with Crippen LogP contribution in [0.4, 0.5) is 0 Å². The third-order valence-electron chi connectivity index (χ3n) is 4.59. The Morgan fingerprint density at radius 3 is 1.90 bits per heavy atom. The van der Waals surface area contributed by atoms with Crippen LogP contribution in [0.2, 0.25) is 0 Å². The van der Waals surface area contributed by atoms with Gasteiger partial charge in [0.05, 0.1) is 5.41 Å². The molecule has 0 spiro atoms. The Morgan fingerprint density at radius 1 is 0.900 bits per heavy atom. The number of rotatable bonds is 2. The molecule has 1 nitrogen and oxygen atoms in total. The van der Waals surface area contributed by atoms with Crippen molar-refractivity contribution in [3.8, 4) is 0 Å². The van der Waals surface area contributed by atoms with Gasteiger partial charge in [-0.15, -0.1) is 0 Å². The van der Waals surface area contributed by atoms with E-state index >= 15 is 0 Å². The predicted octanol–water partition coefficient (Wildman–Crippen LogP) is 4.36. The summed E-state index contributed by atoms with van der Waals surface area (Å²) in [4.78, 5) is 13.0. The highest BCUT2D eigenvalue weighted by molar-refractivity contribution is 5.96. The van der Waals surface area contributed by atoms with Crippen LogP contribution in [0, 0.1) is 5.92 Å². The molecule has 1 saturated carbocycles. The van der Waals surface area contributed by atoms with E-state index in [1.165, 1.54) is 0 Å². The standard InChI is InChI=1S/C19H20O/c1-15-9-8-14-19(18(15)20,16-10-4-2-5-11-16)17-12-6-3-7-13-17/h2-7,10-13,15H,8-9,14H2,1H3. The van der Waals surface area contributed by atoms with E-state index < -0.39 is 5.41 Å². The van der Waals surface area contributed by atoms with Crippen LogP contribution in [0.25, 0.3) is 0 Å². The first-order chi connectivity index (χ1) is 9.75. The molecular formula is C19H20O. The SMILES string of the molecule is CC1CCCC(c2ccccc2)(c2ccccc2)C1=O. The average Bonchev–Trinajstić information content (AvgIpc) is 2.52. The molecule has 0 heterocycles. The molecule has 102 valence electrons. The number of hydrogen-bond acceptors (Lipinski definition) is 1. The molecule has 1 heteroatoms. The first-order valence-corrected chi connectivity index (χ1v) is 7.40. The minimum Gasteiger partial charge on any atom is -0.298 e. The zero-order valence-electron chi connectivity index (χ0n) is 11.9. The van der Waals surface area contributed by atoms with Crippen molar-refractivity contribution in [3.63, 3.8) is 0 Å². The minimum atomic E-state index is -0.444. The van der Waals surface area contributed by atoms with E-state index in [0.717, 1.165) is 30.4 Å². The normalized spacial score (nSPS) is 21.6. The van der Waals surface area contributed by atoms with Crippen LogP contribution in [-0.2, 0) is 10.2 Å². The topological polar surface area (TPSA) is 17.1 Å². The maximum Gasteiger partial charge on any atom is 0.150 e. The zero-order chi connectivity index (χ0) is 14.0. The Morgan fingerprint density at radius 2 is 1.40 bits per heavy atom. The summed E-state index contributed by atoms with van der Waals surface area (Å²) in [6.45, 7) is 2.07. The lowest BCUT2D eigenvalue weighted by molar-refractivity contribution is -0.129. The number of carbonyl (C=O) groups is 1. The second-order valence-corrected chi connectivity index (χ2v) is 5.79. The minimum absolute atomic E-state index is 0.143. The van der Waals surface area contributed by atoms with Crippen LogP contribution >= 0.6 is 0 Å². The van der Waals surface area contributed by atoms with Gasteiger partial charge in [-0.05, 0) is 24.0 Å². The molecule has 0 amide bonds. The van der Waals surface area contributed by atoms with Crippen molar-refractivity contribution in [1.29, 1.82) is 0 Å². The van der Waals surface area contributed by atoms with E-state index in [1.807, 2.05) is 36.4 Å². The fourth-order valence-electron chi connectivity index (χ4n) is 3.53. The summed E-state index contributed by atoms with van der Waals surface area (Å²) in [6.07, 6.45) is 3.04. The van der Waals surface area contributed by atoms with Gasteiger partial charge in [0.25, 0.3) is 0 Å². The maximum absolute atomic E-state index is 13.0. The van der Waals surface area contributed by atoms with E-state index in [2.05, 4.69) is 31.2 Å². The quantitative estimate of drug-likeness (QED) is 0.787. The van der Waals surface area contributed by atoms with E-state index in [-0.39, 0.29) is 5.92 Å². The van der Waals surface area contributed by atoms with E-state index in [4.69, 9.17) is 0 Å². The van der Waals surface area contributed by atoms with Gasteiger partial charge in [0.1, 0.15) is 0 Å². The zero-order valence-corrected chi connectivity index (χ0v) is 11.9. The highest BCUT2D eigenvalue weighted by Gasteiger charge is 2.45. The molecule has 2 aromatic rings. The van der Waals surface area contributed by atoms with Crippen LogP contribution in [0.1, 0.15) is 37.3 Å². The molecular weight excluding hydrogens is 244 g/mol. The molecule has 0 aliphatic heterocycles. The van der Waals surface area contributed by atoms with Gasteiger partial charge in [-0.2, -0.15) is 0 Å². The van der Waals surface area contributed by atoms with Gasteiger partial charge in [0, 0.05) is 5.92 Å². The van der Waals surface area contributed by atoms with Crippen molar-refractivity contribution in [2.24, 2.45) is 5.92 Å². The summed E-state index contributed by atoms with van der Waals surface area (Å²) in [5.41, 5.74) is 1.84. The third kappa shape index (κ3) is 1.98. The Hall–Kier alpha value is -1.89.